The maximum absolute atomic E-state index is 13.2. The number of amides is 3. The van der Waals surface area contributed by atoms with Gasteiger partial charge >= 0.3 is 6.09 Å². The Bertz CT molecular complexity index is 2650. The third-order valence-corrected chi connectivity index (χ3v) is 13.2. The maximum atomic E-state index is 13.2. The number of rotatable bonds is 2. The fraction of sp³-hybridized carbons (Fsp3) is 0.422. The molecule has 9 heterocycles. The Morgan fingerprint density at radius 3 is 1.92 bits per heavy atom. The van der Waals surface area contributed by atoms with Crippen LogP contribution in [-0.4, -0.2) is 96.9 Å². The number of pyridine rings is 3. The second-order valence-electron chi connectivity index (χ2n) is 18.2. The van der Waals surface area contributed by atoms with Gasteiger partial charge in [0.15, 0.2) is 0 Å². The molecule has 0 aromatic carbocycles. The Balaban J connectivity index is 0.000000144. The van der Waals surface area contributed by atoms with Crippen LogP contribution in [-0.2, 0) is 57.4 Å². The molecule has 0 atom stereocenters. The summed E-state index contributed by atoms with van der Waals surface area (Å²) in [7, 11) is 5.72. The van der Waals surface area contributed by atoms with Crippen molar-refractivity contribution in [1.82, 2.24) is 44.9 Å². The number of carbonyl (C=O) groups excluding carboxylic acids is 3. The van der Waals surface area contributed by atoms with Gasteiger partial charge in [0.2, 0.25) is 5.88 Å². The Hall–Kier alpha value is -5.73. The van der Waals surface area contributed by atoms with Crippen LogP contribution in [0.2, 0.25) is 5.15 Å². The zero-order valence-corrected chi connectivity index (χ0v) is 35.5. The Morgan fingerprint density at radius 1 is 0.783 bits per heavy atom. The van der Waals surface area contributed by atoms with E-state index in [0.717, 1.165) is 107 Å². The minimum Gasteiger partial charge on any atom is -0.481 e. The van der Waals surface area contributed by atoms with Crippen LogP contribution in [0.3, 0.4) is 0 Å². The second-order valence-corrected chi connectivity index (χ2v) is 18.5. The molecule has 310 valence electrons. The number of methoxy groups -OCH3 is 1. The lowest BCUT2D eigenvalue weighted by atomic mass is 9.80. The summed E-state index contributed by atoms with van der Waals surface area (Å²) in [5.74, 6) is 0.603. The van der Waals surface area contributed by atoms with Gasteiger partial charge < -0.3 is 39.5 Å². The van der Waals surface area contributed by atoms with Gasteiger partial charge in [-0.3, -0.25) is 14.6 Å². The Kier molecular flexibility index (Phi) is 8.75. The van der Waals surface area contributed by atoms with Crippen LogP contribution in [0.15, 0.2) is 42.9 Å². The van der Waals surface area contributed by atoms with Crippen molar-refractivity contribution in [3.63, 3.8) is 0 Å². The highest BCUT2D eigenvalue weighted by atomic mass is 35.5. The van der Waals surface area contributed by atoms with Gasteiger partial charge in [-0.15, -0.1) is 0 Å². The van der Waals surface area contributed by atoms with Crippen molar-refractivity contribution < 1.29 is 23.9 Å². The molecular weight excluding hydrogens is 782 g/mol. The molecule has 0 radical (unpaired) electrons. The largest absolute Gasteiger partial charge is 0.481 e. The number of ether oxygens (including phenoxy) is 2. The molecule has 3 amide bonds. The van der Waals surface area contributed by atoms with Gasteiger partial charge in [-0.1, -0.05) is 11.6 Å². The van der Waals surface area contributed by atoms with Crippen molar-refractivity contribution in [3.8, 4) is 39.7 Å². The van der Waals surface area contributed by atoms with Gasteiger partial charge in [-0.05, 0) is 86.9 Å². The highest BCUT2D eigenvalue weighted by Gasteiger charge is 2.52. The average Bonchev–Trinajstić information content (AvgIpc) is 3.66. The number of aromatic nitrogens is 5. The number of aryl methyl sites for hydroxylation is 2. The number of likely N-dealkylation sites (tertiary alicyclic amines) is 1. The van der Waals surface area contributed by atoms with E-state index >= 15 is 0 Å². The molecule has 0 unspecified atom stereocenters. The number of nitrogens with one attached hydrogen (secondary N) is 3. The minimum absolute atomic E-state index is 0.0551. The van der Waals surface area contributed by atoms with Gasteiger partial charge in [-0.25, -0.2) is 14.8 Å². The van der Waals surface area contributed by atoms with E-state index in [9.17, 15) is 14.4 Å². The van der Waals surface area contributed by atoms with Crippen molar-refractivity contribution in [2.24, 2.45) is 14.1 Å². The normalized spacial score (nSPS) is 18.5. The Labute approximate surface area is 353 Å². The molecular formula is C45H48ClN9O5. The van der Waals surface area contributed by atoms with Crippen LogP contribution in [0.4, 0.5) is 4.79 Å². The SMILES string of the molecule is COc1ccc(-c2cc3c(cn2)CCc2c4c(n(C)c2-3)CC2(CNC2)NC4=O)cn1.Cn1c2c(c3c1-c1cc(Cl)ncc1CC3)C(=O)NC1(C2)CN(C(=O)OC(C)(C)C)C1. The first-order valence-electron chi connectivity index (χ1n) is 20.5. The zero-order valence-electron chi connectivity index (χ0n) is 34.7. The van der Waals surface area contributed by atoms with E-state index in [1.807, 2.05) is 58.4 Å². The lowest BCUT2D eigenvalue weighted by Crippen LogP contribution is -2.74. The van der Waals surface area contributed by atoms with Crippen LogP contribution in [0.25, 0.3) is 33.8 Å². The lowest BCUT2D eigenvalue weighted by molar-refractivity contribution is -0.0170. The van der Waals surface area contributed by atoms with E-state index in [4.69, 9.17) is 21.1 Å². The molecule has 2 saturated heterocycles. The van der Waals surface area contributed by atoms with E-state index in [1.165, 1.54) is 16.7 Å². The highest BCUT2D eigenvalue weighted by Crippen LogP contribution is 2.44. The third kappa shape index (κ3) is 6.17. The predicted molar refractivity (Wildman–Crippen MR) is 225 cm³/mol. The molecule has 2 fully saturated rings. The van der Waals surface area contributed by atoms with Crippen LogP contribution in [0.5, 0.6) is 5.88 Å². The predicted octanol–water partition coefficient (Wildman–Crippen LogP) is 5.00. The molecule has 14 nitrogen and oxygen atoms in total. The summed E-state index contributed by atoms with van der Waals surface area (Å²) >= 11 is 6.17. The lowest BCUT2D eigenvalue weighted by Gasteiger charge is -2.51. The Morgan fingerprint density at radius 2 is 1.37 bits per heavy atom. The van der Waals surface area contributed by atoms with Crippen molar-refractivity contribution >= 4 is 29.5 Å². The molecule has 6 aliphatic rings. The monoisotopic (exact) mass is 829 g/mol. The van der Waals surface area contributed by atoms with E-state index in [0.29, 0.717) is 30.5 Å². The third-order valence-electron chi connectivity index (χ3n) is 13.0. The summed E-state index contributed by atoms with van der Waals surface area (Å²) in [5, 5.41) is 10.2. The molecule has 0 saturated carbocycles. The summed E-state index contributed by atoms with van der Waals surface area (Å²) < 4.78 is 15.0. The molecule has 60 heavy (non-hydrogen) atoms. The fourth-order valence-electron chi connectivity index (χ4n) is 10.1. The van der Waals surface area contributed by atoms with Crippen LogP contribution >= 0.6 is 11.6 Å². The topological polar surface area (TPSA) is 158 Å². The molecule has 0 bridgehead atoms. The van der Waals surface area contributed by atoms with Crippen molar-refractivity contribution in [2.75, 3.05) is 33.3 Å². The van der Waals surface area contributed by atoms with Crippen molar-refractivity contribution in [1.29, 1.82) is 0 Å². The number of hydrogen-bond donors (Lipinski definition) is 3. The summed E-state index contributed by atoms with van der Waals surface area (Å²) in [4.78, 5) is 53.4. The van der Waals surface area contributed by atoms with Crippen LogP contribution < -0.4 is 20.7 Å². The summed E-state index contributed by atoms with van der Waals surface area (Å²) in [6, 6.07) is 7.85. The fourth-order valence-corrected chi connectivity index (χ4v) is 10.3. The van der Waals surface area contributed by atoms with Gasteiger partial charge in [-0.2, -0.15) is 0 Å². The number of fused-ring (bicyclic) bond motifs is 10. The molecule has 15 heteroatoms. The maximum Gasteiger partial charge on any atom is 0.410 e. The van der Waals surface area contributed by atoms with E-state index in [1.54, 1.807) is 18.2 Å². The second kappa shape index (κ2) is 13.6. The van der Waals surface area contributed by atoms with Crippen LogP contribution in [0, 0.1) is 0 Å². The number of nitrogens with zero attached hydrogens (tertiary/aromatic N) is 6. The minimum atomic E-state index is -0.538. The smallest absolute Gasteiger partial charge is 0.410 e. The zero-order chi connectivity index (χ0) is 41.9. The summed E-state index contributed by atoms with van der Waals surface area (Å²) in [6.07, 6.45) is 10.2. The van der Waals surface area contributed by atoms with Gasteiger partial charge in [0.25, 0.3) is 11.8 Å². The first kappa shape index (κ1) is 38.5. The van der Waals surface area contributed by atoms with E-state index in [-0.39, 0.29) is 23.4 Å². The van der Waals surface area contributed by atoms with E-state index in [2.05, 4.69) is 53.2 Å². The molecule has 2 spiro atoms. The first-order chi connectivity index (χ1) is 28.7. The molecule has 5 aromatic heterocycles. The average molecular weight is 830 g/mol. The standard InChI is InChI=1S/C23H23N5O2.C22H25ClN4O3/c1-28-18-8-23(11-24-12-23)27-22(29)20(18)15-5-3-13-9-25-17(7-16(13)21(15)28)14-4-6-19(30-2)26-10-14;1-21(2,3)30-20(29)27-10-22(11-27)8-15-17(19(28)25-22)13-6-5-12-9-24-16(23)7-14(12)18(13)26(15)4/h4,6-7,9-10,24H,3,5,8,11-12H2,1-2H3,(H,27,29);7,9H,5-6,8,10-11H2,1-4H3,(H,25,28). The first-order valence-corrected chi connectivity index (χ1v) is 20.9. The number of carbonyl (C=O) groups is 3. The molecule has 2 aliphatic carbocycles. The highest BCUT2D eigenvalue weighted by molar-refractivity contribution is 6.29. The quantitative estimate of drug-likeness (QED) is 0.209. The van der Waals surface area contributed by atoms with Gasteiger partial charge in [0.05, 0.1) is 46.4 Å². The van der Waals surface area contributed by atoms with Crippen molar-refractivity contribution in [3.05, 3.63) is 92.8 Å². The molecule has 5 aromatic rings. The van der Waals surface area contributed by atoms with Gasteiger partial charge in [0, 0.05) is 106 Å². The molecule has 11 rings (SSSR count). The number of hydrogen-bond acceptors (Lipinski definition) is 9. The van der Waals surface area contributed by atoms with Crippen LogP contribution in [0.1, 0.15) is 75.1 Å². The molecule has 3 N–H and O–H groups in total. The van der Waals surface area contributed by atoms with E-state index < -0.39 is 11.1 Å². The number of halogens is 1. The summed E-state index contributed by atoms with van der Waals surface area (Å²) in [6.45, 7) is 8.13. The molecule has 4 aliphatic heterocycles. The summed E-state index contributed by atoms with van der Waals surface area (Å²) in [5.41, 5.74) is 13.6. The van der Waals surface area contributed by atoms with Crippen molar-refractivity contribution in [2.45, 2.75) is 76.0 Å². The van der Waals surface area contributed by atoms with Gasteiger partial charge in [0.1, 0.15) is 10.8 Å².